The van der Waals surface area contributed by atoms with Crippen LogP contribution >= 0.6 is 0 Å². The molecule has 2 N–H and O–H groups in total. The monoisotopic (exact) mass is 251 g/mol. The van der Waals surface area contributed by atoms with E-state index in [1.54, 1.807) is 24.0 Å². The maximum atomic E-state index is 11.8. The van der Waals surface area contributed by atoms with Gasteiger partial charge in [-0.1, -0.05) is 18.2 Å². The van der Waals surface area contributed by atoms with Crippen molar-refractivity contribution in [3.63, 3.8) is 0 Å². The van der Waals surface area contributed by atoms with E-state index in [-0.39, 0.29) is 17.9 Å². The SMILES string of the molecule is CC=CC=CC(=O)N1CCN(C(C)C(N)=O)CC1. The number of rotatable bonds is 4. The summed E-state index contributed by atoms with van der Waals surface area (Å²) in [7, 11) is 0. The van der Waals surface area contributed by atoms with Gasteiger partial charge in [-0.05, 0) is 13.8 Å². The third-order valence-electron chi connectivity index (χ3n) is 3.13. The Morgan fingerprint density at radius 2 is 1.78 bits per heavy atom. The van der Waals surface area contributed by atoms with Crippen LogP contribution < -0.4 is 5.73 Å². The van der Waals surface area contributed by atoms with Crippen molar-refractivity contribution in [2.75, 3.05) is 26.2 Å². The van der Waals surface area contributed by atoms with Crippen LogP contribution in [0.25, 0.3) is 0 Å². The first-order chi connectivity index (χ1) is 8.56. The fourth-order valence-electron chi connectivity index (χ4n) is 1.86. The summed E-state index contributed by atoms with van der Waals surface area (Å²) in [5.74, 6) is -0.303. The first-order valence-electron chi connectivity index (χ1n) is 6.18. The Kier molecular flexibility index (Phi) is 5.58. The quantitative estimate of drug-likeness (QED) is 0.571. The number of allylic oxidation sites excluding steroid dienone is 3. The van der Waals surface area contributed by atoms with E-state index < -0.39 is 0 Å². The lowest BCUT2D eigenvalue weighted by Gasteiger charge is -2.36. The Hall–Kier alpha value is -1.62. The van der Waals surface area contributed by atoms with E-state index in [0.717, 1.165) is 0 Å². The summed E-state index contributed by atoms with van der Waals surface area (Å²) in [5.41, 5.74) is 5.26. The van der Waals surface area contributed by atoms with E-state index in [1.165, 1.54) is 0 Å². The van der Waals surface area contributed by atoms with E-state index in [1.807, 2.05) is 24.0 Å². The molecule has 1 heterocycles. The standard InChI is InChI=1S/C13H21N3O2/c1-3-4-5-6-12(17)16-9-7-15(8-10-16)11(2)13(14)18/h3-6,11H,7-10H2,1-2H3,(H2,14,18). The molecule has 0 saturated carbocycles. The molecule has 1 atom stereocenters. The molecule has 18 heavy (non-hydrogen) atoms. The minimum absolute atomic E-state index is 0.0134. The van der Waals surface area contributed by atoms with Gasteiger partial charge in [0.25, 0.3) is 0 Å². The number of carbonyl (C=O) groups is 2. The molecule has 1 saturated heterocycles. The molecule has 100 valence electrons. The highest BCUT2D eigenvalue weighted by molar-refractivity contribution is 5.88. The lowest BCUT2D eigenvalue weighted by molar-refractivity contribution is -0.129. The molecule has 0 radical (unpaired) electrons. The second-order valence-electron chi connectivity index (χ2n) is 4.32. The number of amides is 2. The van der Waals surface area contributed by atoms with Crippen molar-refractivity contribution >= 4 is 11.8 Å². The molecule has 1 aliphatic heterocycles. The number of nitrogens with two attached hydrogens (primary N) is 1. The molecule has 5 nitrogen and oxygen atoms in total. The van der Waals surface area contributed by atoms with Crippen molar-refractivity contribution in [3.8, 4) is 0 Å². The molecule has 1 aliphatic rings. The molecule has 0 aromatic heterocycles. The number of primary amides is 1. The highest BCUT2D eigenvalue weighted by Crippen LogP contribution is 2.06. The van der Waals surface area contributed by atoms with Gasteiger partial charge in [0, 0.05) is 32.3 Å². The number of hydrogen-bond acceptors (Lipinski definition) is 3. The third kappa shape index (κ3) is 4.00. The molecule has 1 rings (SSSR count). The highest BCUT2D eigenvalue weighted by atomic mass is 16.2. The van der Waals surface area contributed by atoms with Gasteiger partial charge < -0.3 is 10.6 Å². The molecule has 0 aromatic rings. The smallest absolute Gasteiger partial charge is 0.246 e. The Labute approximate surface area is 108 Å². The van der Waals surface area contributed by atoms with Gasteiger partial charge >= 0.3 is 0 Å². The molecule has 0 spiro atoms. The largest absolute Gasteiger partial charge is 0.368 e. The molecule has 2 amide bonds. The molecule has 1 unspecified atom stereocenters. The van der Waals surface area contributed by atoms with E-state index in [9.17, 15) is 9.59 Å². The van der Waals surface area contributed by atoms with Gasteiger partial charge in [-0.2, -0.15) is 0 Å². The van der Waals surface area contributed by atoms with Gasteiger partial charge in [0.1, 0.15) is 0 Å². The van der Waals surface area contributed by atoms with Crippen LogP contribution in [0.1, 0.15) is 13.8 Å². The number of piperazine rings is 1. The van der Waals surface area contributed by atoms with E-state index in [0.29, 0.717) is 26.2 Å². The zero-order valence-electron chi connectivity index (χ0n) is 11.0. The van der Waals surface area contributed by atoms with Crippen LogP contribution in [0.2, 0.25) is 0 Å². The van der Waals surface area contributed by atoms with E-state index in [2.05, 4.69) is 0 Å². The average molecular weight is 251 g/mol. The van der Waals surface area contributed by atoms with Crippen molar-refractivity contribution in [1.82, 2.24) is 9.80 Å². The van der Waals surface area contributed by atoms with E-state index in [4.69, 9.17) is 5.73 Å². The molecular weight excluding hydrogens is 230 g/mol. The van der Waals surface area contributed by atoms with Crippen molar-refractivity contribution in [2.45, 2.75) is 19.9 Å². The second kappa shape index (κ2) is 6.96. The summed E-state index contributed by atoms with van der Waals surface area (Å²) < 4.78 is 0. The maximum absolute atomic E-state index is 11.8. The van der Waals surface area contributed by atoms with Crippen LogP contribution in [0.15, 0.2) is 24.3 Å². The fourth-order valence-corrected chi connectivity index (χ4v) is 1.86. The van der Waals surface area contributed by atoms with Gasteiger partial charge in [-0.3, -0.25) is 14.5 Å². The zero-order chi connectivity index (χ0) is 13.5. The van der Waals surface area contributed by atoms with Crippen molar-refractivity contribution in [1.29, 1.82) is 0 Å². The normalized spacial score (nSPS) is 19.6. The lowest BCUT2D eigenvalue weighted by Crippen LogP contribution is -2.54. The van der Waals surface area contributed by atoms with Crippen LogP contribution in [-0.4, -0.2) is 53.8 Å². The minimum atomic E-state index is -0.317. The number of nitrogens with zero attached hydrogens (tertiary/aromatic N) is 2. The van der Waals surface area contributed by atoms with Crippen molar-refractivity contribution in [2.24, 2.45) is 5.73 Å². The maximum Gasteiger partial charge on any atom is 0.246 e. The van der Waals surface area contributed by atoms with Gasteiger partial charge in [0.05, 0.1) is 6.04 Å². The average Bonchev–Trinajstić information content (AvgIpc) is 2.38. The third-order valence-corrected chi connectivity index (χ3v) is 3.13. The molecule has 5 heteroatoms. The number of hydrogen-bond donors (Lipinski definition) is 1. The van der Waals surface area contributed by atoms with Crippen LogP contribution in [0.5, 0.6) is 0 Å². The lowest BCUT2D eigenvalue weighted by atomic mass is 10.2. The van der Waals surface area contributed by atoms with Gasteiger partial charge in [-0.25, -0.2) is 0 Å². The molecule has 0 bridgehead atoms. The molecule has 1 fully saturated rings. The fraction of sp³-hybridized carbons (Fsp3) is 0.538. The number of carbonyl (C=O) groups excluding carboxylic acids is 2. The van der Waals surface area contributed by atoms with Crippen molar-refractivity contribution < 1.29 is 9.59 Å². The van der Waals surface area contributed by atoms with Crippen LogP contribution in [0.3, 0.4) is 0 Å². The Bertz CT molecular complexity index is 355. The second-order valence-corrected chi connectivity index (χ2v) is 4.32. The summed E-state index contributed by atoms with van der Waals surface area (Å²) in [6.45, 7) is 6.35. The Morgan fingerprint density at radius 3 is 2.28 bits per heavy atom. The first kappa shape index (κ1) is 14.4. The highest BCUT2D eigenvalue weighted by Gasteiger charge is 2.25. The predicted octanol–water partition coefficient (Wildman–Crippen LogP) is 0.137. The molecule has 0 aromatic carbocycles. The van der Waals surface area contributed by atoms with Crippen LogP contribution in [-0.2, 0) is 9.59 Å². The summed E-state index contributed by atoms with van der Waals surface area (Å²) in [4.78, 5) is 26.6. The Morgan fingerprint density at radius 1 is 1.17 bits per heavy atom. The zero-order valence-corrected chi connectivity index (χ0v) is 11.0. The van der Waals surface area contributed by atoms with Crippen LogP contribution in [0.4, 0.5) is 0 Å². The first-order valence-corrected chi connectivity index (χ1v) is 6.18. The van der Waals surface area contributed by atoms with Gasteiger partial charge in [-0.15, -0.1) is 0 Å². The van der Waals surface area contributed by atoms with Gasteiger partial charge in [0.2, 0.25) is 11.8 Å². The summed E-state index contributed by atoms with van der Waals surface area (Å²) in [5, 5.41) is 0. The summed E-state index contributed by atoms with van der Waals surface area (Å²) in [6, 6.07) is -0.263. The van der Waals surface area contributed by atoms with E-state index >= 15 is 0 Å². The van der Waals surface area contributed by atoms with Gasteiger partial charge in [0.15, 0.2) is 0 Å². The minimum Gasteiger partial charge on any atom is -0.368 e. The summed E-state index contributed by atoms with van der Waals surface area (Å²) >= 11 is 0. The molecular formula is C13H21N3O2. The molecule has 0 aliphatic carbocycles. The Balaban J connectivity index is 2.44. The topological polar surface area (TPSA) is 66.6 Å². The van der Waals surface area contributed by atoms with Crippen molar-refractivity contribution in [3.05, 3.63) is 24.3 Å². The predicted molar refractivity (Wildman–Crippen MR) is 70.8 cm³/mol. The van der Waals surface area contributed by atoms with Crippen LogP contribution in [0, 0.1) is 0 Å². The summed E-state index contributed by atoms with van der Waals surface area (Å²) in [6.07, 6.45) is 6.99.